The van der Waals surface area contributed by atoms with Crippen molar-refractivity contribution in [3.8, 4) is 0 Å². The Morgan fingerprint density at radius 1 is 1.09 bits per heavy atom. The van der Waals surface area contributed by atoms with Crippen LogP contribution < -0.4 is 0 Å². The van der Waals surface area contributed by atoms with Crippen molar-refractivity contribution in [1.82, 2.24) is 9.80 Å². The van der Waals surface area contributed by atoms with Crippen LogP contribution in [0.3, 0.4) is 0 Å². The Labute approximate surface area is 155 Å². The van der Waals surface area contributed by atoms with E-state index < -0.39 is 5.41 Å². The van der Waals surface area contributed by atoms with Crippen molar-refractivity contribution in [1.29, 1.82) is 0 Å². The summed E-state index contributed by atoms with van der Waals surface area (Å²) in [5.41, 5.74) is 0.188. The molecule has 0 saturated carbocycles. The molecule has 23 heavy (non-hydrogen) atoms. The van der Waals surface area contributed by atoms with Gasteiger partial charge in [-0.2, -0.15) is 0 Å². The van der Waals surface area contributed by atoms with Gasteiger partial charge in [0.2, 0.25) is 0 Å². The van der Waals surface area contributed by atoms with Gasteiger partial charge >= 0.3 is 0 Å². The van der Waals surface area contributed by atoms with Crippen LogP contribution in [0, 0.1) is 5.41 Å². The summed E-state index contributed by atoms with van der Waals surface area (Å²) in [4.78, 5) is 16.8. The third kappa shape index (κ3) is 6.82. The number of hydrogen-bond acceptors (Lipinski definition) is 3. The lowest BCUT2D eigenvalue weighted by atomic mass is 9.84. The third-order valence-electron chi connectivity index (χ3n) is 3.33. The molecule has 1 aromatic rings. The highest BCUT2D eigenvalue weighted by atomic mass is 35.5. The van der Waals surface area contributed by atoms with Crippen LogP contribution in [0.25, 0.3) is 6.08 Å². The molecule has 1 aromatic carbocycles. The van der Waals surface area contributed by atoms with Gasteiger partial charge in [-0.25, -0.2) is 0 Å². The molecule has 0 bridgehead atoms. The maximum absolute atomic E-state index is 12.7. The fourth-order valence-electron chi connectivity index (χ4n) is 2.63. The van der Waals surface area contributed by atoms with Crippen LogP contribution in [0.4, 0.5) is 0 Å². The number of rotatable bonds is 7. The van der Waals surface area contributed by atoms with Crippen LogP contribution in [0.5, 0.6) is 0 Å². The molecular formula is C17H25Cl3N2O. The number of allylic oxidation sites excluding steroid dienone is 1. The molecule has 0 atom stereocenters. The summed E-state index contributed by atoms with van der Waals surface area (Å²) in [6, 6.07) is 5.30. The Morgan fingerprint density at radius 3 is 1.91 bits per heavy atom. The second kappa shape index (κ2) is 9.65. The first-order chi connectivity index (χ1) is 10.2. The van der Waals surface area contributed by atoms with Gasteiger partial charge in [0, 0.05) is 28.7 Å². The normalized spacial score (nSPS) is 12.0. The molecule has 3 nitrogen and oxygen atoms in total. The van der Waals surface area contributed by atoms with E-state index in [1.54, 1.807) is 30.4 Å². The molecule has 0 heterocycles. The molecule has 0 amide bonds. The zero-order chi connectivity index (χ0) is 16.9. The maximum Gasteiger partial charge on any atom is 0.164 e. The highest BCUT2D eigenvalue weighted by Gasteiger charge is 2.32. The van der Waals surface area contributed by atoms with Gasteiger partial charge in [0.25, 0.3) is 0 Å². The van der Waals surface area contributed by atoms with Gasteiger partial charge < -0.3 is 9.80 Å². The van der Waals surface area contributed by atoms with Crippen molar-refractivity contribution in [2.75, 3.05) is 41.3 Å². The summed E-state index contributed by atoms with van der Waals surface area (Å²) in [6.45, 7) is 3.32. The molecular weight excluding hydrogens is 355 g/mol. The molecule has 0 radical (unpaired) electrons. The number of nitrogens with zero attached hydrogens (tertiary/aromatic N) is 2. The first-order valence-corrected chi connectivity index (χ1v) is 7.87. The van der Waals surface area contributed by atoms with Crippen molar-refractivity contribution in [3.63, 3.8) is 0 Å². The number of halogens is 3. The highest BCUT2D eigenvalue weighted by molar-refractivity contribution is 6.37. The van der Waals surface area contributed by atoms with E-state index in [0.717, 1.165) is 0 Å². The second-order valence-electron chi connectivity index (χ2n) is 6.37. The molecule has 6 heteroatoms. The first-order valence-electron chi connectivity index (χ1n) is 7.12. The topological polar surface area (TPSA) is 23.6 Å². The van der Waals surface area contributed by atoms with E-state index >= 15 is 0 Å². The zero-order valence-electron chi connectivity index (χ0n) is 14.3. The SMILES string of the molecule is CN(C)CC(C)(CN(C)C)C(=O)/C=C/c1c(Cl)cccc1Cl.Cl. The highest BCUT2D eigenvalue weighted by Crippen LogP contribution is 2.27. The Bertz CT molecular complexity index is 527. The minimum Gasteiger partial charge on any atom is -0.308 e. The molecule has 0 aliphatic carbocycles. The average molecular weight is 380 g/mol. The Morgan fingerprint density at radius 2 is 1.52 bits per heavy atom. The van der Waals surface area contributed by atoms with E-state index in [2.05, 4.69) is 0 Å². The Balaban J connectivity index is 0.00000484. The number of carbonyl (C=O) groups excluding carboxylic acids is 1. The molecule has 0 aromatic heterocycles. The molecule has 130 valence electrons. The van der Waals surface area contributed by atoms with E-state index in [0.29, 0.717) is 28.7 Å². The molecule has 0 fully saturated rings. The fraction of sp³-hybridized carbons (Fsp3) is 0.471. The molecule has 0 spiro atoms. The quantitative estimate of drug-likeness (QED) is 0.666. The van der Waals surface area contributed by atoms with Gasteiger partial charge in [-0.15, -0.1) is 12.4 Å². The van der Waals surface area contributed by atoms with Gasteiger partial charge in [-0.05, 0) is 59.4 Å². The van der Waals surface area contributed by atoms with Gasteiger partial charge in [0.15, 0.2) is 5.78 Å². The summed E-state index contributed by atoms with van der Waals surface area (Å²) in [7, 11) is 7.87. The van der Waals surface area contributed by atoms with Crippen molar-refractivity contribution in [3.05, 3.63) is 39.9 Å². The second-order valence-corrected chi connectivity index (χ2v) is 7.18. The Kier molecular flexibility index (Phi) is 9.41. The van der Waals surface area contributed by atoms with Gasteiger partial charge in [-0.3, -0.25) is 4.79 Å². The van der Waals surface area contributed by atoms with E-state index in [4.69, 9.17) is 23.2 Å². The van der Waals surface area contributed by atoms with E-state index in [1.807, 2.05) is 44.9 Å². The number of benzene rings is 1. The van der Waals surface area contributed by atoms with Crippen LogP contribution in [0.15, 0.2) is 24.3 Å². The molecule has 0 unspecified atom stereocenters. The number of ketones is 1. The van der Waals surface area contributed by atoms with Crippen molar-refractivity contribution in [2.45, 2.75) is 6.92 Å². The van der Waals surface area contributed by atoms with E-state index in [-0.39, 0.29) is 18.2 Å². The van der Waals surface area contributed by atoms with Crippen LogP contribution >= 0.6 is 35.6 Å². The lowest BCUT2D eigenvalue weighted by molar-refractivity contribution is -0.124. The molecule has 0 aliphatic heterocycles. The van der Waals surface area contributed by atoms with Crippen molar-refractivity contribution >= 4 is 47.5 Å². The standard InChI is InChI=1S/C17H24Cl2N2O.ClH/c1-17(11-20(2)3,12-21(4)5)16(22)10-9-13-14(18)7-6-8-15(13)19;/h6-10H,11-12H2,1-5H3;1H/b10-9+;. The molecule has 0 N–H and O–H groups in total. The predicted molar refractivity (Wildman–Crippen MR) is 103 cm³/mol. The summed E-state index contributed by atoms with van der Waals surface area (Å²) >= 11 is 12.3. The molecule has 0 aliphatic rings. The van der Waals surface area contributed by atoms with Crippen LogP contribution in [0.2, 0.25) is 10.0 Å². The lowest BCUT2D eigenvalue weighted by Crippen LogP contribution is -2.44. The maximum atomic E-state index is 12.7. The van der Waals surface area contributed by atoms with Gasteiger partial charge in [-0.1, -0.05) is 29.3 Å². The minimum atomic E-state index is -0.489. The number of hydrogen-bond donors (Lipinski definition) is 0. The summed E-state index contributed by atoms with van der Waals surface area (Å²) < 4.78 is 0. The number of carbonyl (C=O) groups is 1. The minimum absolute atomic E-state index is 0. The largest absolute Gasteiger partial charge is 0.308 e. The third-order valence-corrected chi connectivity index (χ3v) is 3.99. The van der Waals surface area contributed by atoms with E-state index in [1.165, 1.54) is 0 Å². The molecule has 1 rings (SSSR count). The Hall–Kier alpha value is -0.580. The first kappa shape index (κ1) is 22.4. The smallest absolute Gasteiger partial charge is 0.164 e. The zero-order valence-corrected chi connectivity index (χ0v) is 16.6. The van der Waals surface area contributed by atoms with Gasteiger partial charge in [0.05, 0.1) is 5.41 Å². The molecule has 0 saturated heterocycles. The van der Waals surface area contributed by atoms with Crippen molar-refractivity contribution in [2.24, 2.45) is 5.41 Å². The van der Waals surface area contributed by atoms with Crippen LogP contribution in [-0.2, 0) is 4.79 Å². The summed E-state index contributed by atoms with van der Waals surface area (Å²) in [5.74, 6) is 0.0610. The summed E-state index contributed by atoms with van der Waals surface area (Å²) in [5, 5.41) is 1.08. The predicted octanol–water partition coefficient (Wildman–Crippen LogP) is 4.13. The van der Waals surface area contributed by atoms with Gasteiger partial charge in [0.1, 0.15) is 0 Å². The van der Waals surface area contributed by atoms with E-state index in [9.17, 15) is 4.79 Å². The average Bonchev–Trinajstić information content (AvgIpc) is 2.35. The van der Waals surface area contributed by atoms with Crippen LogP contribution in [-0.4, -0.2) is 56.9 Å². The summed E-state index contributed by atoms with van der Waals surface area (Å²) in [6.07, 6.45) is 3.29. The lowest BCUT2D eigenvalue weighted by Gasteiger charge is -2.32. The fourth-order valence-corrected chi connectivity index (χ4v) is 3.16. The monoisotopic (exact) mass is 378 g/mol. The van der Waals surface area contributed by atoms with Crippen molar-refractivity contribution < 1.29 is 4.79 Å². The van der Waals surface area contributed by atoms with Crippen LogP contribution in [0.1, 0.15) is 12.5 Å².